The summed E-state index contributed by atoms with van der Waals surface area (Å²) in [6.45, 7) is 4.21. The molecule has 0 aliphatic carbocycles. The van der Waals surface area contributed by atoms with Crippen LogP contribution in [0.1, 0.15) is 65.9 Å². The Morgan fingerprint density at radius 3 is 2.26 bits per heavy atom. The maximum Gasteiger partial charge on any atom is 0.312 e. The molecule has 1 amide bonds. The molecule has 9 heteroatoms. The maximum absolute atomic E-state index is 13.5. The van der Waals surface area contributed by atoms with Crippen molar-refractivity contribution in [1.82, 2.24) is 20.0 Å². The van der Waals surface area contributed by atoms with E-state index in [1.165, 1.54) is 5.56 Å². The van der Waals surface area contributed by atoms with Crippen molar-refractivity contribution in [3.63, 3.8) is 0 Å². The summed E-state index contributed by atoms with van der Waals surface area (Å²) in [5.74, 6) is 0.680. The molecule has 6 rings (SSSR count). The zero-order chi connectivity index (χ0) is 29.9. The standard InChI is InChI=1S/C34H37Cl2N5O2/c35-28-14-13-27(23-29(28)36)33(16-8-20-41(24-33)30(42)25-9-3-1-4-10-25)15-7-19-40-21-17-34(18-22-40,26-11-5-2-6-12-26)31-38-39-32(37)43-31/h1-6,9-14,23H,7-8,15-22,24H2,(H2,37,39). The van der Waals surface area contributed by atoms with Crippen molar-refractivity contribution in [3.05, 3.63) is 111 Å². The van der Waals surface area contributed by atoms with Crippen LogP contribution < -0.4 is 5.73 Å². The summed E-state index contributed by atoms with van der Waals surface area (Å²) in [6, 6.07) is 26.1. The molecule has 2 saturated heterocycles. The number of nitrogens with two attached hydrogens (primary N) is 1. The SMILES string of the molecule is Nc1nnc(C2(c3ccccc3)CCN(CCCC3(c4ccc(Cl)c(Cl)c4)CCCN(C(=O)c4ccccc4)C3)CC2)o1. The number of benzene rings is 3. The van der Waals surface area contributed by atoms with Crippen molar-refractivity contribution < 1.29 is 9.21 Å². The molecular formula is C34H37Cl2N5O2. The quantitative estimate of drug-likeness (QED) is 0.229. The van der Waals surface area contributed by atoms with Gasteiger partial charge in [0.2, 0.25) is 5.89 Å². The van der Waals surface area contributed by atoms with Gasteiger partial charge in [-0.25, -0.2) is 0 Å². The topological polar surface area (TPSA) is 88.5 Å². The Labute approximate surface area is 263 Å². The normalized spacial score (nSPS) is 20.7. The van der Waals surface area contributed by atoms with E-state index in [-0.39, 0.29) is 22.8 Å². The number of nitrogen functional groups attached to an aromatic ring is 1. The van der Waals surface area contributed by atoms with E-state index in [4.69, 9.17) is 33.4 Å². The number of aromatic nitrogens is 2. The largest absolute Gasteiger partial charge is 0.407 e. The minimum absolute atomic E-state index is 0.0830. The molecule has 3 heterocycles. The molecule has 43 heavy (non-hydrogen) atoms. The van der Waals surface area contributed by atoms with Crippen LogP contribution in [-0.2, 0) is 10.8 Å². The van der Waals surface area contributed by atoms with Gasteiger partial charge >= 0.3 is 6.01 Å². The van der Waals surface area contributed by atoms with Gasteiger partial charge in [-0.1, -0.05) is 82.9 Å². The fourth-order valence-electron chi connectivity index (χ4n) is 7.09. The highest BCUT2D eigenvalue weighted by Gasteiger charge is 2.43. The number of carbonyl (C=O) groups is 1. The van der Waals surface area contributed by atoms with Gasteiger partial charge in [-0.2, -0.15) is 0 Å². The minimum Gasteiger partial charge on any atom is -0.407 e. The molecule has 0 saturated carbocycles. The summed E-state index contributed by atoms with van der Waals surface area (Å²) in [5, 5.41) is 9.40. The predicted octanol–water partition coefficient (Wildman–Crippen LogP) is 6.99. The number of anilines is 1. The van der Waals surface area contributed by atoms with Crippen LogP contribution in [-0.4, -0.2) is 58.6 Å². The van der Waals surface area contributed by atoms with Crippen LogP contribution in [0.15, 0.2) is 83.3 Å². The second kappa shape index (κ2) is 12.7. The van der Waals surface area contributed by atoms with Crippen LogP contribution >= 0.6 is 23.2 Å². The molecule has 224 valence electrons. The van der Waals surface area contributed by atoms with Crippen molar-refractivity contribution in [2.45, 2.75) is 49.4 Å². The average molecular weight is 619 g/mol. The molecule has 3 aromatic carbocycles. The Morgan fingerprint density at radius 2 is 1.58 bits per heavy atom. The van der Waals surface area contributed by atoms with E-state index in [9.17, 15) is 4.79 Å². The zero-order valence-electron chi connectivity index (χ0n) is 24.2. The van der Waals surface area contributed by atoms with E-state index < -0.39 is 0 Å². The summed E-state index contributed by atoms with van der Waals surface area (Å²) < 4.78 is 5.80. The van der Waals surface area contributed by atoms with Crippen LogP contribution in [0.5, 0.6) is 0 Å². The Kier molecular flexibility index (Phi) is 8.75. The molecule has 2 N–H and O–H groups in total. The number of piperidine rings is 2. The molecule has 1 atom stereocenters. The molecule has 0 radical (unpaired) electrons. The van der Waals surface area contributed by atoms with Crippen LogP contribution in [0.2, 0.25) is 10.0 Å². The van der Waals surface area contributed by atoms with Crippen LogP contribution in [0.3, 0.4) is 0 Å². The summed E-state index contributed by atoms with van der Waals surface area (Å²) in [6.07, 6.45) is 5.63. The molecule has 2 fully saturated rings. The third-order valence-corrected chi connectivity index (χ3v) is 10.2. The number of nitrogens with zero attached hydrogens (tertiary/aromatic N) is 4. The third-order valence-electron chi connectivity index (χ3n) is 9.43. The highest BCUT2D eigenvalue weighted by molar-refractivity contribution is 6.42. The van der Waals surface area contributed by atoms with Crippen molar-refractivity contribution in [1.29, 1.82) is 0 Å². The number of carbonyl (C=O) groups excluding carboxylic acids is 1. The lowest BCUT2D eigenvalue weighted by Gasteiger charge is -2.44. The lowest BCUT2D eigenvalue weighted by Crippen LogP contribution is -2.49. The minimum atomic E-state index is -0.342. The first kappa shape index (κ1) is 29.7. The van der Waals surface area contributed by atoms with Crippen LogP contribution in [0.25, 0.3) is 0 Å². The van der Waals surface area contributed by atoms with Crippen LogP contribution in [0, 0.1) is 0 Å². The fraction of sp³-hybridized carbons (Fsp3) is 0.382. The first-order chi connectivity index (χ1) is 20.9. The molecule has 1 aromatic heterocycles. The van der Waals surface area contributed by atoms with E-state index in [1.807, 2.05) is 53.4 Å². The number of amides is 1. The monoisotopic (exact) mass is 617 g/mol. The van der Waals surface area contributed by atoms with Crippen molar-refractivity contribution in [2.75, 3.05) is 38.5 Å². The first-order valence-corrected chi connectivity index (χ1v) is 15.8. The Bertz CT molecular complexity index is 1540. The Morgan fingerprint density at radius 1 is 0.860 bits per heavy atom. The van der Waals surface area contributed by atoms with Gasteiger partial charge in [-0.15, -0.1) is 5.10 Å². The van der Waals surface area contributed by atoms with Crippen molar-refractivity contribution >= 4 is 35.1 Å². The van der Waals surface area contributed by atoms with Gasteiger partial charge in [0.15, 0.2) is 0 Å². The van der Waals surface area contributed by atoms with Gasteiger partial charge in [0.1, 0.15) is 0 Å². The Hall–Kier alpha value is -3.39. The molecular weight excluding hydrogens is 581 g/mol. The molecule has 2 aliphatic rings. The average Bonchev–Trinajstić information content (AvgIpc) is 3.50. The van der Waals surface area contributed by atoms with E-state index in [0.717, 1.165) is 75.8 Å². The first-order valence-electron chi connectivity index (χ1n) is 15.1. The highest BCUT2D eigenvalue weighted by atomic mass is 35.5. The molecule has 1 unspecified atom stereocenters. The summed E-state index contributed by atoms with van der Waals surface area (Å²) in [5.41, 5.74) is 8.37. The second-order valence-corrected chi connectivity index (χ2v) is 12.8. The molecule has 0 spiro atoms. The van der Waals surface area contributed by atoms with E-state index in [2.05, 4.69) is 45.4 Å². The van der Waals surface area contributed by atoms with Gasteiger partial charge in [0, 0.05) is 24.1 Å². The van der Waals surface area contributed by atoms with Gasteiger partial charge in [-0.3, -0.25) is 4.79 Å². The molecule has 0 bridgehead atoms. The lowest BCUT2D eigenvalue weighted by molar-refractivity contribution is 0.0617. The lowest BCUT2D eigenvalue weighted by atomic mass is 9.70. The van der Waals surface area contributed by atoms with Gasteiger partial charge in [-0.05, 0) is 93.6 Å². The molecule has 4 aromatic rings. The van der Waals surface area contributed by atoms with E-state index in [0.29, 0.717) is 22.5 Å². The van der Waals surface area contributed by atoms with Gasteiger partial charge in [0.25, 0.3) is 5.91 Å². The van der Waals surface area contributed by atoms with Crippen LogP contribution in [0.4, 0.5) is 6.01 Å². The fourth-order valence-corrected chi connectivity index (χ4v) is 7.39. The number of rotatable bonds is 8. The molecule has 2 aliphatic heterocycles. The highest BCUT2D eigenvalue weighted by Crippen LogP contribution is 2.43. The molecule has 7 nitrogen and oxygen atoms in total. The van der Waals surface area contributed by atoms with Crippen molar-refractivity contribution in [2.24, 2.45) is 0 Å². The second-order valence-electron chi connectivity index (χ2n) is 11.9. The number of hydrogen-bond donors (Lipinski definition) is 1. The smallest absolute Gasteiger partial charge is 0.312 e. The van der Waals surface area contributed by atoms with Crippen molar-refractivity contribution in [3.8, 4) is 0 Å². The van der Waals surface area contributed by atoms with E-state index >= 15 is 0 Å². The number of likely N-dealkylation sites (tertiary alicyclic amines) is 2. The van der Waals surface area contributed by atoms with E-state index in [1.54, 1.807) is 0 Å². The van der Waals surface area contributed by atoms with Gasteiger partial charge < -0.3 is 20.0 Å². The predicted molar refractivity (Wildman–Crippen MR) is 171 cm³/mol. The summed E-state index contributed by atoms with van der Waals surface area (Å²) in [7, 11) is 0. The number of halogens is 2. The third kappa shape index (κ3) is 6.17. The summed E-state index contributed by atoms with van der Waals surface area (Å²) in [4.78, 5) is 18.1. The summed E-state index contributed by atoms with van der Waals surface area (Å²) >= 11 is 12.8. The zero-order valence-corrected chi connectivity index (χ0v) is 25.7. The maximum atomic E-state index is 13.5. The van der Waals surface area contributed by atoms with Gasteiger partial charge in [0.05, 0.1) is 15.5 Å². The number of hydrogen-bond acceptors (Lipinski definition) is 6. The Balaban J connectivity index is 1.17.